The number of benzene rings is 1. The fourth-order valence-electron chi connectivity index (χ4n) is 3.12. The highest BCUT2D eigenvalue weighted by Crippen LogP contribution is 2.34. The minimum absolute atomic E-state index is 0.00425. The Morgan fingerprint density at radius 3 is 2.31 bits per heavy atom. The summed E-state index contributed by atoms with van der Waals surface area (Å²) in [6.45, 7) is 1.51. The molecule has 29 heavy (non-hydrogen) atoms. The third-order valence-corrected chi connectivity index (χ3v) is 6.36. The SMILES string of the molecule is CCS(=O)(=O)c1cc2nn(C)nc2cc1-c1nc2cc(C(F)(F)F)ncc2n1C. The summed E-state index contributed by atoms with van der Waals surface area (Å²) < 4.78 is 65.9. The fraction of sp³-hybridized carbons (Fsp3) is 0.294. The van der Waals surface area contributed by atoms with Crippen LogP contribution in [0.3, 0.4) is 0 Å². The lowest BCUT2D eigenvalue weighted by atomic mass is 10.2. The van der Waals surface area contributed by atoms with Crippen molar-refractivity contribution in [3.8, 4) is 11.4 Å². The molecule has 8 nitrogen and oxygen atoms in total. The van der Waals surface area contributed by atoms with Crippen LogP contribution in [-0.2, 0) is 30.1 Å². The van der Waals surface area contributed by atoms with Gasteiger partial charge in [-0.3, -0.25) is 0 Å². The van der Waals surface area contributed by atoms with Crippen molar-refractivity contribution in [3.05, 3.63) is 30.1 Å². The van der Waals surface area contributed by atoms with Gasteiger partial charge >= 0.3 is 6.18 Å². The fourth-order valence-corrected chi connectivity index (χ4v) is 4.21. The molecule has 0 unspecified atom stereocenters. The summed E-state index contributed by atoms with van der Waals surface area (Å²) in [4.78, 5) is 9.05. The van der Waals surface area contributed by atoms with Crippen molar-refractivity contribution in [2.45, 2.75) is 18.0 Å². The third-order valence-electron chi connectivity index (χ3n) is 4.60. The number of alkyl halides is 3. The van der Waals surface area contributed by atoms with Crippen molar-refractivity contribution in [3.63, 3.8) is 0 Å². The number of fused-ring (bicyclic) bond motifs is 2. The topological polar surface area (TPSA) is 95.6 Å². The number of hydrogen-bond donors (Lipinski definition) is 0. The lowest BCUT2D eigenvalue weighted by Crippen LogP contribution is -2.07. The molecule has 0 spiro atoms. The average Bonchev–Trinajstić information content (AvgIpc) is 3.18. The first-order valence-corrected chi connectivity index (χ1v) is 10.1. The van der Waals surface area contributed by atoms with E-state index in [1.807, 2.05) is 0 Å². The Labute approximate surface area is 162 Å². The Morgan fingerprint density at radius 2 is 1.69 bits per heavy atom. The van der Waals surface area contributed by atoms with Gasteiger partial charge in [-0.1, -0.05) is 6.92 Å². The van der Waals surface area contributed by atoms with Crippen molar-refractivity contribution in [2.75, 3.05) is 5.75 Å². The molecule has 3 aromatic heterocycles. The van der Waals surface area contributed by atoms with Crippen LogP contribution in [0.4, 0.5) is 13.2 Å². The van der Waals surface area contributed by atoms with Crippen LogP contribution in [0, 0.1) is 0 Å². The molecule has 0 radical (unpaired) electrons. The highest BCUT2D eigenvalue weighted by molar-refractivity contribution is 7.91. The van der Waals surface area contributed by atoms with Gasteiger partial charge in [0.1, 0.15) is 22.6 Å². The van der Waals surface area contributed by atoms with E-state index >= 15 is 0 Å². The number of aromatic nitrogens is 6. The van der Waals surface area contributed by atoms with Crippen LogP contribution in [0.15, 0.2) is 29.3 Å². The van der Waals surface area contributed by atoms with Gasteiger partial charge in [-0.25, -0.2) is 18.4 Å². The van der Waals surface area contributed by atoms with Crippen LogP contribution in [0.1, 0.15) is 12.6 Å². The predicted octanol–water partition coefficient (Wildman–Crippen LogP) is 2.73. The molecule has 4 aromatic rings. The first kappa shape index (κ1) is 19.3. The molecule has 12 heteroatoms. The number of rotatable bonds is 3. The lowest BCUT2D eigenvalue weighted by Gasteiger charge is -2.09. The number of hydrogen-bond acceptors (Lipinski definition) is 6. The third kappa shape index (κ3) is 3.12. The largest absolute Gasteiger partial charge is 0.433 e. The zero-order chi connectivity index (χ0) is 21.1. The summed E-state index contributed by atoms with van der Waals surface area (Å²) in [6.07, 6.45) is -3.54. The molecule has 0 N–H and O–H groups in total. The highest BCUT2D eigenvalue weighted by Gasteiger charge is 2.33. The number of imidazole rings is 1. The van der Waals surface area contributed by atoms with Gasteiger partial charge in [0.15, 0.2) is 9.84 Å². The van der Waals surface area contributed by atoms with Gasteiger partial charge < -0.3 is 4.57 Å². The van der Waals surface area contributed by atoms with E-state index in [2.05, 4.69) is 20.2 Å². The first-order chi connectivity index (χ1) is 13.5. The number of nitrogens with zero attached hydrogens (tertiary/aromatic N) is 6. The summed E-state index contributed by atoms with van der Waals surface area (Å²) in [5.41, 5.74) is 0.408. The molecule has 152 valence electrons. The molecule has 0 saturated carbocycles. The van der Waals surface area contributed by atoms with Gasteiger partial charge in [-0.2, -0.15) is 28.2 Å². The summed E-state index contributed by atoms with van der Waals surface area (Å²) in [7, 11) is -0.480. The van der Waals surface area contributed by atoms with Crippen LogP contribution in [0.2, 0.25) is 0 Å². The van der Waals surface area contributed by atoms with E-state index in [1.54, 1.807) is 14.1 Å². The summed E-state index contributed by atoms with van der Waals surface area (Å²) in [5.74, 6) is 0.0378. The van der Waals surface area contributed by atoms with Gasteiger partial charge in [-0.15, -0.1) is 0 Å². The average molecular weight is 424 g/mol. The lowest BCUT2D eigenvalue weighted by molar-refractivity contribution is -0.141. The summed E-state index contributed by atoms with van der Waals surface area (Å²) in [6, 6.07) is 3.78. The Balaban J connectivity index is 2.04. The van der Waals surface area contributed by atoms with Crippen molar-refractivity contribution in [1.29, 1.82) is 0 Å². The Bertz CT molecular complexity index is 1370. The molecule has 0 bridgehead atoms. The highest BCUT2D eigenvalue weighted by atomic mass is 32.2. The van der Waals surface area contributed by atoms with Gasteiger partial charge in [-0.05, 0) is 18.2 Å². The van der Waals surface area contributed by atoms with Gasteiger partial charge in [0.05, 0.1) is 27.9 Å². The van der Waals surface area contributed by atoms with E-state index in [0.29, 0.717) is 16.6 Å². The van der Waals surface area contributed by atoms with Crippen molar-refractivity contribution in [2.24, 2.45) is 14.1 Å². The maximum atomic E-state index is 13.0. The number of halogens is 3. The van der Waals surface area contributed by atoms with Gasteiger partial charge in [0, 0.05) is 19.7 Å². The Kier molecular flexibility index (Phi) is 4.15. The molecule has 1 aromatic carbocycles. The molecule has 4 rings (SSSR count). The van der Waals surface area contributed by atoms with Crippen molar-refractivity contribution in [1.82, 2.24) is 29.5 Å². The zero-order valence-corrected chi connectivity index (χ0v) is 16.4. The van der Waals surface area contributed by atoms with Crippen molar-refractivity contribution >= 4 is 31.9 Å². The quantitative estimate of drug-likeness (QED) is 0.502. The van der Waals surface area contributed by atoms with Crippen LogP contribution in [0.25, 0.3) is 33.5 Å². The second-order valence-corrected chi connectivity index (χ2v) is 8.73. The molecular weight excluding hydrogens is 409 g/mol. The Hall–Kier alpha value is -3.02. The van der Waals surface area contributed by atoms with E-state index in [0.717, 1.165) is 12.3 Å². The normalized spacial score (nSPS) is 12.9. The predicted molar refractivity (Wildman–Crippen MR) is 98.7 cm³/mol. The molecule has 0 atom stereocenters. The van der Waals surface area contributed by atoms with Crippen molar-refractivity contribution < 1.29 is 21.6 Å². The minimum atomic E-state index is -4.61. The molecule has 0 aliphatic carbocycles. The van der Waals surface area contributed by atoms with Crippen LogP contribution in [0.5, 0.6) is 0 Å². The maximum absolute atomic E-state index is 13.0. The second-order valence-electron chi connectivity index (χ2n) is 6.48. The number of pyridine rings is 1. The molecular formula is C17H15F3N6O2S. The van der Waals surface area contributed by atoms with Gasteiger partial charge in [0.2, 0.25) is 0 Å². The van der Waals surface area contributed by atoms with Crippen LogP contribution in [-0.4, -0.2) is 43.7 Å². The van der Waals surface area contributed by atoms with E-state index in [4.69, 9.17) is 0 Å². The minimum Gasteiger partial charge on any atom is -0.326 e. The molecule has 0 aliphatic rings. The van der Waals surface area contributed by atoms with E-state index in [1.165, 1.54) is 28.4 Å². The monoisotopic (exact) mass is 424 g/mol. The molecule has 0 amide bonds. The van der Waals surface area contributed by atoms with E-state index in [9.17, 15) is 21.6 Å². The number of aryl methyl sites for hydroxylation is 2. The molecule has 0 aliphatic heterocycles. The van der Waals surface area contributed by atoms with Crippen LogP contribution >= 0.6 is 0 Å². The molecule has 0 saturated heterocycles. The first-order valence-electron chi connectivity index (χ1n) is 8.49. The molecule has 0 fully saturated rings. The van der Waals surface area contributed by atoms with Gasteiger partial charge in [0.25, 0.3) is 0 Å². The maximum Gasteiger partial charge on any atom is 0.433 e. The summed E-state index contributed by atoms with van der Waals surface area (Å²) in [5, 5.41) is 8.33. The number of sulfone groups is 1. The zero-order valence-electron chi connectivity index (χ0n) is 15.6. The van der Waals surface area contributed by atoms with E-state index < -0.39 is 21.7 Å². The summed E-state index contributed by atoms with van der Waals surface area (Å²) >= 11 is 0. The second kappa shape index (κ2) is 6.24. The van der Waals surface area contributed by atoms with Crippen LogP contribution < -0.4 is 0 Å². The van der Waals surface area contributed by atoms with E-state index in [-0.39, 0.29) is 27.6 Å². The Morgan fingerprint density at radius 1 is 1.03 bits per heavy atom. The molecule has 3 heterocycles. The standard InChI is InChI=1S/C17H15F3N6O2S/c1-4-29(27,28)14-6-11-10(23-26(3)24-11)5-9(14)16-22-12-7-15(17(18,19)20)21-8-13(12)25(16)2/h5-8H,4H2,1-3H3. The smallest absolute Gasteiger partial charge is 0.326 e.